The molecule has 1 saturated heterocycles. The lowest BCUT2D eigenvalue weighted by Gasteiger charge is -2.32. The van der Waals surface area contributed by atoms with Gasteiger partial charge in [0.1, 0.15) is 29.6 Å². The minimum atomic E-state index is -0.714. The minimum Gasteiger partial charge on any atom is -0.493 e. The van der Waals surface area contributed by atoms with Crippen LogP contribution in [0.1, 0.15) is 50.7 Å². The second-order valence-electron chi connectivity index (χ2n) is 8.52. The van der Waals surface area contributed by atoms with Crippen LogP contribution in [0.3, 0.4) is 0 Å². The van der Waals surface area contributed by atoms with E-state index in [0.717, 1.165) is 56.7 Å². The molecular weight excluding hydrogens is 414 g/mol. The highest BCUT2D eigenvalue weighted by Gasteiger charge is 2.24. The minimum absolute atomic E-state index is 0.0251. The second-order valence-corrected chi connectivity index (χ2v) is 8.52. The van der Waals surface area contributed by atoms with Crippen molar-refractivity contribution < 1.29 is 18.3 Å². The van der Waals surface area contributed by atoms with E-state index in [4.69, 9.17) is 9.47 Å². The Morgan fingerprint density at radius 3 is 2.41 bits per heavy atom. The van der Waals surface area contributed by atoms with Gasteiger partial charge < -0.3 is 14.4 Å². The van der Waals surface area contributed by atoms with Crippen molar-refractivity contribution in [2.45, 2.75) is 52.0 Å². The fourth-order valence-corrected chi connectivity index (χ4v) is 4.13. The van der Waals surface area contributed by atoms with Crippen LogP contribution in [0.15, 0.2) is 29.5 Å². The highest BCUT2D eigenvalue weighted by atomic mass is 19.1. The summed E-state index contributed by atoms with van der Waals surface area (Å²) < 4.78 is 39.7. The van der Waals surface area contributed by atoms with E-state index in [-0.39, 0.29) is 23.3 Å². The maximum absolute atomic E-state index is 14.4. The molecule has 0 amide bonds. The molecule has 0 radical (unpaired) electrons. The lowest BCUT2D eigenvalue weighted by molar-refractivity contribution is 0.276. The van der Waals surface area contributed by atoms with E-state index in [1.54, 1.807) is 0 Å². The Hall–Kier alpha value is -2.77. The van der Waals surface area contributed by atoms with Crippen LogP contribution in [0.4, 0.5) is 14.7 Å². The van der Waals surface area contributed by atoms with Gasteiger partial charge in [-0.1, -0.05) is 6.92 Å². The third-order valence-electron chi connectivity index (χ3n) is 6.05. The Morgan fingerprint density at radius 2 is 1.81 bits per heavy atom. The van der Waals surface area contributed by atoms with Gasteiger partial charge in [-0.15, -0.1) is 0 Å². The summed E-state index contributed by atoms with van der Waals surface area (Å²) in [5.41, 5.74) is 0.926. The van der Waals surface area contributed by atoms with Gasteiger partial charge in [-0.2, -0.15) is 0 Å². The first-order chi connectivity index (χ1) is 15.5. The van der Waals surface area contributed by atoms with Crippen molar-refractivity contribution in [1.29, 1.82) is 0 Å². The van der Waals surface area contributed by atoms with Crippen LogP contribution >= 0.6 is 0 Å². The Labute approximate surface area is 187 Å². The normalized spacial score (nSPS) is 19.1. The zero-order valence-corrected chi connectivity index (χ0v) is 18.7. The van der Waals surface area contributed by atoms with Crippen LogP contribution in [0.25, 0.3) is 0 Å². The molecule has 8 heteroatoms. The quantitative estimate of drug-likeness (QED) is 0.559. The van der Waals surface area contributed by atoms with Crippen LogP contribution in [0.5, 0.6) is 5.75 Å². The number of benzene rings is 1. The first kappa shape index (κ1) is 22.4. The van der Waals surface area contributed by atoms with Crippen molar-refractivity contribution >= 4 is 11.8 Å². The number of ether oxygens (including phenoxy) is 2. The predicted molar refractivity (Wildman–Crippen MR) is 119 cm³/mol. The van der Waals surface area contributed by atoms with E-state index in [9.17, 15) is 8.78 Å². The van der Waals surface area contributed by atoms with Crippen LogP contribution in [0.2, 0.25) is 0 Å². The van der Waals surface area contributed by atoms with E-state index in [0.29, 0.717) is 19.1 Å². The zero-order chi connectivity index (χ0) is 22.5. The first-order valence-electron chi connectivity index (χ1n) is 11.4. The van der Waals surface area contributed by atoms with Crippen LogP contribution < -0.4 is 9.64 Å². The first-order valence-corrected chi connectivity index (χ1v) is 11.4. The van der Waals surface area contributed by atoms with Crippen molar-refractivity contribution in [3.05, 3.63) is 47.3 Å². The van der Waals surface area contributed by atoms with E-state index in [2.05, 4.69) is 26.8 Å². The molecule has 3 heterocycles. The SMILES string of the molecule is CCc1cnc(N2CCC(CCCOc3cc(F)c(C4=N[C@H](C)CO4)c(F)c3)CC2)nc1. The lowest BCUT2D eigenvalue weighted by Crippen LogP contribution is -2.35. The molecule has 0 aliphatic carbocycles. The van der Waals surface area contributed by atoms with Gasteiger partial charge >= 0.3 is 0 Å². The Balaban J connectivity index is 1.21. The molecule has 2 aliphatic rings. The molecule has 1 aromatic carbocycles. The number of aryl methyl sites for hydroxylation is 1. The molecule has 172 valence electrons. The van der Waals surface area contributed by atoms with Gasteiger partial charge in [0.05, 0.1) is 12.6 Å². The van der Waals surface area contributed by atoms with E-state index < -0.39 is 11.6 Å². The molecule has 1 atom stereocenters. The largest absolute Gasteiger partial charge is 0.493 e. The molecule has 0 spiro atoms. The third kappa shape index (κ3) is 5.34. The van der Waals surface area contributed by atoms with E-state index in [1.165, 1.54) is 12.1 Å². The van der Waals surface area contributed by atoms with Crippen molar-refractivity contribution in [2.75, 3.05) is 31.2 Å². The smallest absolute Gasteiger partial charge is 0.225 e. The molecule has 0 saturated carbocycles. The molecule has 1 fully saturated rings. The molecule has 6 nitrogen and oxygen atoms in total. The fourth-order valence-electron chi connectivity index (χ4n) is 4.13. The molecule has 32 heavy (non-hydrogen) atoms. The van der Waals surface area contributed by atoms with Gasteiger partial charge in [0, 0.05) is 37.6 Å². The number of rotatable bonds is 8. The Kier molecular flexibility index (Phi) is 7.17. The maximum Gasteiger partial charge on any atom is 0.225 e. The summed E-state index contributed by atoms with van der Waals surface area (Å²) in [5, 5.41) is 0. The van der Waals surface area contributed by atoms with Gasteiger partial charge in [0.15, 0.2) is 0 Å². The molecule has 0 N–H and O–H groups in total. The van der Waals surface area contributed by atoms with Crippen LogP contribution in [-0.2, 0) is 11.2 Å². The van der Waals surface area contributed by atoms with Gasteiger partial charge in [0.25, 0.3) is 0 Å². The average Bonchev–Trinajstić information content (AvgIpc) is 3.22. The molecule has 0 unspecified atom stereocenters. The summed E-state index contributed by atoms with van der Waals surface area (Å²) in [4.78, 5) is 15.3. The van der Waals surface area contributed by atoms with Gasteiger partial charge in [-0.05, 0) is 50.5 Å². The molecule has 2 aliphatic heterocycles. The van der Waals surface area contributed by atoms with Crippen LogP contribution in [0, 0.1) is 17.6 Å². The third-order valence-corrected chi connectivity index (χ3v) is 6.05. The second kappa shape index (κ2) is 10.2. The van der Waals surface area contributed by atoms with Crippen LogP contribution in [-0.4, -0.2) is 48.2 Å². The summed E-state index contributed by atoms with van der Waals surface area (Å²) in [6.45, 7) is 6.58. The van der Waals surface area contributed by atoms with Gasteiger partial charge in [-0.3, -0.25) is 0 Å². The topological polar surface area (TPSA) is 59.8 Å². The standard InChI is InChI=1S/C24H30F2N4O2/c1-3-17-13-27-24(28-14-17)30-8-6-18(7-9-30)5-4-10-31-19-11-20(25)22(21(26)12-19)23-29-16(2)15-32-23/h11-14,16,18H,3-10,15H2,1-2H3/t16-/m1/s1. The highest BCUT2D eigenvalue weighted by Crippen LogP contribution is 2.26. The molecular formula is C24H30F2N4O2. The number of piperidine rings is 1. The van der Waals surface area contributed by atoms with Gasteiger partial charge in [0.2, 0.25) is 11.8 Å². The molecule has 1 aromatic heterocycles. The number of nitrogens with zero attached hydrogens (tertiary/aromatic N) is 4. The predicted octanol–water partition coefficient (Wildman–Crippen LogP) is 4.56. The summed E-state index contributed by atoms with van der Waals surface area (Å²) >= 11 is 0. The van der Waals surface area contributed by atoms with E-state index >= 15 is 0 Å². The average molecular weight is 445 g/mol. The monoisotopic (exact) mass is 444 g/mol. The van der Waals surface area contributed by atoms with Crippen molar-refractivity contribution in [3.8, 4) is 5.75 Å². The molecule has 0 bridgehead atoms. The number of aromatic nitrogens is 2. The Morgan fingerprint density at radius 1 is 1.12 bits per heavy atom. The zero-order valence-electron chi connectivity index (χ0n) is 18.7. The summed E-state index contributed by atoms with van der Waals surface area (Å²) in [7, 11) is 0. The fraction of sp³-hybridized carbons (Fsp3) is 0.542. The summed E-state index contributed by atoms with van der Waals surface area (Å²) in [6, 6.07) is 2.31. The Bertz CT molecular complexity index is 921. The number of halogens is 2. The number of hydrogen-bond donors (Lipinski definition) is 0. The number of anilines is 1. The van der Waals surface area contributed by atoms with Gasteiger partial charge in [-0.25, -0.2) is 23.7 Å². The lowest BCUT2D eigenvalue weighted by atomic mass is 9.92. The number of aliphatic imine (C=N–C) groups is 1. The van der Waals surface area contributed by atoms with Crippen molar-refractivity contribution in [3.63, 3.8) is 0 Å². The highest BCUT2D eigenvalue weighted by molar-refractivity contribution is 5.95. The molecule has 4 rings (SSSR count). The van der Waals surface area contributed by atoms with Crippen molar-refractivity contribution in [1.82, 2.24) is 9.97 Å². The maximum atomic E-state index is 14.4. The molecule has 2 aromatic rings. The van der Waals surface area contributed by atoms with E-state index in [1.807, 2.05) is 19.3 Å². The van der Waals surface area contributed by atoms with Crippen molar-refractivity contribution in [2.24, 2.45) is 10.9 Å². The summed E-state index contributed by atoms with van der Waals surface area (Å²) in [5.74, 6) is 0.207. The number of hydrogen-bond acceptors (Lipinski definition) is 6. The summed E-state index contributed by atoms with van der Waals surface area (Å²) in [6.07, 6.45) is 8.77.